The zero-order valence-corrected chi connectivity index (χ0v) is 20.2. The van der Waals surface area contributed by atoms with Gasteiger partial charge in [0.05, 0.1) is 16.8 Å². The van der Waals surface area contributed by atoms with E-state index in [-0.39, 0.29) is 34.7 Å². The van der Waals surface area contributed by atoms with Gasteiger partial charge in [-0.2, -0.15) is 17.5 Å². The topological polar surface area (TPSA) is 92.3 Å². The van der Waals surface area contributed by atoms with Crippen LogP contribution in [0, 0.1) is 11.6 Å². The molecular weight excluding hydrogens is 519 g/mol. The van der Waals surface area contributed by atoms with Gasteiger partial charge >= 0.3 is 6.18 Å². The minimum Gasteiger partial charge on any atom is -0.351 e. The van der Waals surface area contributed by atoms with E-state index in [1.807, 2.05) is 0 Å². The number of pyridine rings is 2. The average molecular weight is 541 g/mol. The van der Waals surface area contributed by atoms with Crippen molar-refractivity contribution in [3.63, 3.8) is 0 Å². The van der Waals surface area contributed by atoms with E-state index in [1.165, 1.54) is 6.07 Å². The van der Waals surface area contributed by atoms with Gasteiger partial charge in [-0.05, 0) is 62.2 Å². The quantitative estimate of drug-likeness (QED) is 0.471. The van der Waals surface area contributed by atoms with Crippen LogP contribution in [0.15, 0.2) is 59.8 Å². The number of halogens is 5. The molecule has 0 saturated carbocycles. The number of nitrogens with zero attached hydrogens (tertiary/aromatic N) is 3. The highest BCUT2D eigenvalue weighted by Crippen LogP contribution is 2.32. The number of rotatable bonds is 6. The lowest BCUT2D eigenvalue weighted by Crippen LogP contribution is -2.48. The maximum Gasteiger partial charge on any atom is 0.433 e. The van der Waals surface area contributed by atoms with Crippen molar-refractivity contribution in [2.24, 2.45) is 0 Å². The first-order chi connectivity index (χ1) is 17.4. The molecule has 7 nitrogen and oxygen atoms in total. The predicted molar refractivity (Wildman–Crippen MR) is 122 cm³/mol. The molecule has 0 radical (unpaired) electrons. The van der Waals surface area contributed by atoms with Crippen LogP contribution in [0.1, 0.15) is 31.0 Å². The standard InChI is InChI=1S/C24H21F5N4O3S/c1-14-2-8-21(33(14)37(35,36)18-6-4-17(25)5-7-18)23(34)32-12-16-10-20(30-13-19(16)26)15-3-9-22(31-11-15)24(27,28)29/h3-7,9-11,13-14,21H,2,8,12H2,1H3,(H,32,34)/t14-,21-/m0/s1. The molecule has 1 aliphatic rings. The Hall–Kier alpha value is -3.45. The molecule has 37 heavy (non-hydrogen) atoms. The minimum atomic E-state index is -4.61. The second kappa shape index (κ2) is 10.1. The first-order valence-electron chi connectivity index (χ1n) is 11.1. The molecule has 1 aliphatic heterocycles. The van der Waals surface area contributed by atoms with Crippen molar-refractivity contribution in [2.75, 3.05) is 0 Å². The normalized spacial score (nSPS) is 18.6. The zero-order valence-electron chi connectivity index (χ0n) is 19.3. The number of sulfonamides is 1. The number of carbonyl (C=O) groups is 1. The molecule has 3 heterocycles. The van der Waals surface area contributed by atoms with Gasteiger partial charge in [-0.25, -0.2) is 17.2 Å². The first-order valence-corrected chi connectivity index (χ1v) is 12.6. The summed E-state index contributed by atoms with van der Waals surface area (Å²) in [7, 11) is -4.11. The highest BCUT2D eigenvalue weighted by atomic mass is 32.2. The van der Waals surface area contributed by atoms with E-state index in [0.29, 0.717) is 6.42 Å². The van der Waals surface area contributed by atoms with Gasteiger partial charge in [0.25, 0.3) is 0 Å². The van der Waals surface area contributed by atoms with Gasteiger partial charge < -0.3 is 5.32 Å². The van der Waals surface area contributed by atoms with E-state index < -0.39 is 51.5 Å². The SMILES string of the molecule is C[C@H]1CC[C@@H](C(=O)NCc2cc(-c3ccc(C(F)(F)F)nc3)ncc2F)N1S(=O)(=O)c1ccc(F)cc1. The molecule has 1 N–H and O–H groups in total. The highest BCUT2D eigenvalue weighted by Gasteiger charge is 2.43. The molecule has 1 amide bonds. The third kappa shape index (κ3) is 5.62. The maximum atomic E-state index is 14.4. The summed E-state index contributed by atoms with van der Waals surface area (Å²) >= 11 is 0. The van der Waals surface area contributed by atoms with Crippen LogP contribution in [0.2, 0.25) is 0 Å². The number of nitrogens with one attached hydrogen (secondary N) is 1. The molecule has 2 aromatic heterocycles. The van der Waals surface area contributed by atoms with Gasteiger partial charge in [0, 0.05) is 29.9 Å². The van der Waals surface area contributed by atoms with E-state index in [1.54, 1.807) is 6.92 Å². The van der Waals surface area contributed by atoms with Crippen molar-refractivity contribution >= 4 is 15.9 Å². The molecule has 0 aliphatic carbocycles. The smallest absolute Gasteiger partial charge is 0.351 e. The van der Waals surface area contributed by atoms with Crippen molar-refractivity contribution in [1.29, 1.82) is 0 Å². The number of hydrogen-bond donors (Lipinski definition) is 1. The van der Waals surface area contributed by atoms with Crippen molar-refractivity contribution in [3.8, 4) is 11.3 Å². The lowest BCUT2D eigenvalue weighted by atomic mass is 10.1. The molecule has 0 spiro atoms. The molecule has 196 valence electrons. The summed E-state index contributed by atoms with van der Waals surface area (Å²) in [6.07, 6.45) is -2.14. The summed E-state index contributed by atoms with van der Waals surface area (Å²) in [5.41, 5.74) is -0.738. The average Bonchev–Trinajstić information content (AvgIpc) is 3.25. The summed E-state index contributed by atoms with van der Waals surface area (Å²) in [6, 6.07) is 5.90. The minimum absolute atomic E-state index is 0.00256. The van der Waals surface area contributed by atoms with Crippen molar-refractivity contribution in [1.82, 2.24) is 19.6 Å². The van der Waals surface area contributed by atoms with Gasteiger partial charge in [0.15, 0.2) is 0 Å². The van der Waals surface area contributed by atoms with E-state index in [0.717, 1.165) is 53.1 Å². The second-order valence-electron chi connectivity index (χ2n) is 8.54. The first kappa shape index (κ1) is 26.6. The van der Waals surface area contributed by atoms with Crippen LogP contribution in [-0.4, -0.2) is 40.7 Å². The number of aromatic nitrogens is 2. The molecule has 3 aromatic rings. The van der Waals surface area contributed by atoms with Crippen LogP contribution in [0.25, 0.3) is 11.3 Å². The highest BCUT2D eigenvalue weighted by molar-refractivity contribution is 7.89. The summed E-state index contributed by atoms with van der Waals surface area (Å²) < 4.78 is 93.3. The number of carbonyl (C=O) groups excluding carboxylic acids is 1. The Bertz CT molecular complexity index is 1400. The molecule has 1 aromatic carbocycles. The summed E-state index contributed by atoms with van der Waals surface area (Å²) in [5.74, 6) is -2.02. The van der Waals surface area contributed by atoms with Gasteiger partial charge in [-0.1, -0.05) is 0 Å². The molecular formula is C24H21F5N4O3S. The number of alkyl halides is 3. The molecule has 0 unspecified atom stereocenters. The fraction of sp³-hybridized carbons (Fsp3) is 0.292. The monoisotopic (exact) mass is 540 g/mol. The third-order valence-corrected chi connectivity index (χ3v) is 8.07. The summed E-state index contributed by atoms with van der Waals surface area (Å²) in [5, 5.41) is 2.54. The van der Waals surface area contributed by atoms with E-state index in [2.05, 4.69) is 15.3 Å². The van der Waals surface area contributed by atoms with Gasteiger partial charge in [0.2, 0.25) is 15.9 Å². The predicted octanol–water partition coefficient (Wildman–Crippen LogP) is 4.30. The van der Waals surface area contributed by atoms with Crippen LogP contribution in [0.5, 0.6) is 0 Å². The van der Waals surface area contributed by atoms with Crippen LogP contribution in [-0.2, 0) is 27.5 Å². The molecule has 1 saturated heterocycles. The molecule has 0 bridgehead atoms. The van der Waals surface area contributed by atoms with Crippen LogP contribution in [0.4, 0.5) is 22.0 Å². The maximum absolute atomic E-state index is 14.4. The second-order valence-corrected chi connectivity index (χ2v) is 10.4. The molecule has 13 heteroatoms. The number of benzene rings is 1. The summed E-state index contributed by atoms with van der Waals surface area (Å²) in [4.78, 5) is 20.1. The zero-order chi connectivity index (χ0) is 27.0. The van der Waals surface area contributed by atoms with Crippen molar-refractivity contribution < 1.29 is 35.2 Å². The Morgan fingerprint density at radius 3 is 2.38 bits per heavy atom. The lowest BCUT2D eigenvalue weighted by Gasteiger charge is -2.27. The van der Waals surface area contributed by atoms with Gasteiger partial charge in [0.1, 0.15) is 23.4 Å². The molecule has 4 rings (SSSR count). The van der Waals surface area contributed by atoms with E-state index in [9.17, 15) is 35.2 Å². The Morgan fingerprint density at radius 1 is 1.05 bits per heavy atom. The van der Waals surface area contributed by atoms with Gasteiger partial charge in [-0.3, -0.25) is 14.8 Å². The van der Waals surface area contributed by atoms with E-state index in [4.69, 9.17) is 0 Å². The van der Waals surface area contributed by atoms with Crippen molar-refractivity contribution in [3.05, 3.63) is 77.8 Å². The largest absolute Gasteiger partial charge is 0.433 e. The fourth-order valence-corrected chi connectivity index (χ4v) is 5.97. The van der Waals surface area contributed by atoms with Gasteiger partial charge in [-0.15, -0.1) is 0 Å². The molecule has 2 atom stereocenters. The summed E-state index contributed by atoms with van der Waals surface area (Å²) in [6.45, 7) is 1.34. The molecule has 1 fully saturated rings. The Labute approximate surface area is 209 Å². The van der Waals surface area contributed by atoms with E-state index >= 15 is 0 Å². The lowest BCUT2D eigenvalue weighted by molar-refractivity contribution is -0.141. The van der Waals surface area contributed by atoms with Crippen molar-refractivity contribution in [2.45, 2.75) is 49.5 Å². The van der Waals surface area contributed by atoms with Crippen LogP contribution < -0.4 is 5.32 Å². The fourth-order valence-electron chi connectivity index (χ4n) is 4.13. The third-order valence-electron chi connectivity index (χ3n) is 6.03. The Kier molecular flexibility index (Phi) is 7.29. The van der Waals surface area contributed by atoms with Crippen LogP contribution >= 0.6 is 0 Å². The number of hydrogen-bond acceptors (Lipinski definition) is 5. The number of amides is 1. The Morgan fingerprint density at radius 2 is 1.76 bits per heavy atom. The van der Waals surface area contributed by atoms with Crippen LogP contribution in [0.3, 0.4) is 0 Å². The Balaban J connectivity index is 1.50.